The molecule has 4 aromatic rings. The lowest BCUT2D eigenvalue weighted by molar-refractivity contribution is 0.199. The molecule has 1 aliphatic heterocycles. The summed E-state index contributed by atoms with van der Waals surface area (Å²) < 4.78 is 33.4. The van der Waals surface area contributed by atoms with Gasteiger partial charge in [0, 0.05) is 23.9 Å². The molecule has 0 saturated carbocycles. The maximum absolute atomic E-state index is 14.2. The van der Waals surface area contributed by atoms with E-state index in [0.29, 0.717) is 34.7 Å². The average Bonchev–Trinajstić information content (AvgIpc) is 3.46. The van der Waals surface area contributed by atoms with Crippen LogP contribution < -0.4 is 5.32 Å². The predicted molar refractivity (Wildman–Crippen MR) is 123 cm³/mol. The average molecular weight is 447 g/mol. The summed E-state index contributed by atoms with van der Waals surface area (Å²) in [5.41, 5.74) is 3.94. The minimum Gasteiger partial charge on any atom is -0.438 e. The van der Waals surface area contributed by atoms with E-state index < -0.39 is 11.6 Å². The second-order valence-corrected chi connectivity index (χ2v) is 8.19. The molecule has 1 atom stereocenters. The maximum Gasteiger partial charge on any atom is 0.322 e. The first-order valence-corrected chi connectivity index (χ1v) is 11.0. The van der Waals surface area contributed by atoms with Gasteiger partial charge in [-0.2, -0.15) is 0 Å². The molecule has 33 heavy (non-hydrogen) atoms. The molecule has 0 radical (unpaired) electrons. The lowest BCUT2D eigenvalue weighted by atomic mass is 10.0. The van der Waals surface area contributed by atoms with Gasteiger partial charge in [-0.25, -0.2) is 18.6 Å². The number of amides is 2. The van der Waals surface area contributed by atoms with Crippen molar-refractivity contribution in [2.75, 3.05) is 11.9 Å². The standard InChI is InChI=1S/C26H23F2N3O2/c1-2-16-5-9-19(10-6-16)29-26(32)31-13-3-4-23(31)25-30-22-14-17(7-12-24(22)33-25)20-11-8-18(27)15-21(20)28/h5-12,14-15,23H,2-4,13H2,1H3,(H,29,32). The van der Waals surface area contributed by atoms with Crippen LogP contribution in [0.5, 0.6) is 0 Å². The highest BCUT2D eigenvalue weighted by Crippen LogP contribution is 2.35. The van der Waals surface area contributed by atoms with Gasteiger partial charge >= 0.3 is 6.03 Å². The molecule has 1 unspecified atom stereocenters. The van der Waals surface area contributed by atoms with Crippen LogP contribution in [0.15, 0.2) is 65.1 Å². The van der Waals surface area contributed by atoms with E-state index >= 15 is 0 Å². The Labute approximate surface area is 190 Å². The molecule has 0 spiro atoms. The molecule has 168 valence electrons. The Kier molecular flexibility index (Phi) is 5.54. The molecule has 7 heteroatoms. The van der Waals surface area contributed by atoms with Crippen LogP contribution in [-0.2, 0) is 6.42 Å². The van der Waals surface area contributed by atoms with Crippen LogP contribution in [0, 0.1) is 11.6 Å². The van der Waals surface area contributed by atoms with Gasteiger partial charge in [-0.15, -0.1) is 0 Å². The van der Waals surface area contributed by atoms with Gasteiger partial charge in [0.15, 0.2) is 5.58 Å². The van der Waals surface area contributed by atoms with Gasteiger partial charge in [-0.1, -0.05) is 25.1 Å². The summed E-state index contributed by atoms with van der Waals surface area (Å²) >= 11 is 0. The summed E-state index contributed by atoms with van der Waals surface area (Å²) in [7, 11) is 0. The van der Waals surface area contributed by atoms with Crippen LogP contribution in [-0.4, -0.2) is 22.5 Å². The zero-order valence-corrected chi connectivity index (χ0v) is 18.1. The number of rotatable bonds is 4. The summed E-state index contributed by atoms with van der Waals surface area (Å²) in [6.45, 7) is 2.69. The first-order valence-electron chi connectivity index (χ1n) is 11.0. The number of oxazole rings is 1. The highest BCUT2D eigenvalue weighted by atomic mass is 19.1. The Morgan fingerprint density at radius 3 is 2.70 bits per heavy atom. The highest BCUT2D eigenvalue weighted by Gasteiger charge is 2.33. The number of urea groups is 1. The summed E-state index contributed by atoms with van der Waals surface area (Å²) in [4.78, 5) is 19.3. The number of anilines is 1. The number of carbonyl (C=O) groups excluding carboxylic acids is 1. The summed E-state index contributed by atoms with van der Waals surface area (Å²) in [5.74, 6) is -0.804. The van der Waals surface area contributed by atoms with Crippen LogP contribution in [0.2, 0.25) is 0 Å². The van der Waals surface area contributed by atoms with Crippen molar-refractivity contribution in [1.29, 1.82) is 0 Å². The van der Waals surface area contributed by atoms with E-state index in [1.54, 1.807) is 23.1 Å². The quantitative estimate of drug-likeness (QED) is 0.378. The van der Waals surface area contributed by atoms with Crippen molar-refractivity contribution in [1.82, 2.24) is 9.88 Å². The van der Waals surface area contributed by atoms with Crippen molar-refractivity contribution in [3.05, 3.63) is 83.8 Å². The second-order valence-electron chi connectivity index (χ2n) is 8.19. The molecule has 2 heterocycles. The maximum atomic E-state index is 14.2. The van der Waals surface area contributed by atoms with Crippen LogP contribution in [0.1, 0.15) is 37.3 Å². The number of hydrogen-bond acceptors (Lipinski definition) is 3. The third-order valence-electron chi connectivity index (χ3n) is 6.06. The number of likely N-dealkylation sites (tertiary alicyclic amines) is 1. The molecule has 0 bridgehead atoms. The zero-order valence-electron chi connectivity index (χ0n) is 18.1. The lowest BCUT2D eigenvalue weighted by Crippen LogP contribution is -2.34. The Bertz CT molecular complexity index is 1320. The van der Waals surface area contributed by atoms with Crippen molar-refractivity contribution >= 4 is 22.8 Å². The van der Waals surface area contributed by atoms with Gasteiger partial charge < -0.3 is 14.6 Å². The van der Waals surface area contributed by atoms with Crippen molar-refractivity contribution in [3.63, 3.8) is 0 Å². The van der Waals surface area contributed by atoms with E-state index in [-0.39, 0.29) is 12.1 Å². The Hall–Kier alpha value is -3.74. The summed E-state index contributed by atoms with van der Waals surface area (Å²) in [5, 5.41) is 2.96. The first-order chi connectivity index (χ1) is 16.0. The smallest absolute Gasteiger partial charge is 0.322 e. The molecule has 5 nitrogen and oxygen atoms in total. The van der Waals surface area contributed by atoms with Gasteiger partial charge in [0.05, 0.1) is 0 Å². The molecule has 1 aromatic heterocycles. The van der Waals surface area contributed by atoms with Crippen molar-refractivity contribution < 1.29 is 18.0 Å². The van der Waals surface area contributed by atoms with Gasteiger partial charge in [-0.3, -0.25) is 0 Å². The highest BCUT2D eigenvalue weighted by molar-refractivity contribution is 5.90. The predicted octanol–water partition coefficient (Wildman–Crippen LogP) is 6.70. The minimum absolute atomic E-state index is 0.196. The van der Waals surface area contributed by atoms with E-state index in [0.717, 1.165) is 31.0 Å². The fourth-order valence-corrected chi connectivity index (χ4v) is 4.26. The Morgan fingerprint density at radius 2 is 1.94 bits per heavy atom. The number of carbonyl (C=O) groups is 1. The molecule has 0 aliphatic carbocycles. The van der Waals surface area contributed by atoms with Crippen LogP contribution in [0.25, 0.3) is 22.2 Å². The van der Waals surface area contributed by atoms with Crippen LogP contribution in [0.3, 0.4) is 0 Å². The Balaban J connectivity index is 1.38. The van der Waals surface area contributed by atoms with Gasteiger partial charge in [-0.05, 0) is 66.8 Å². The van der Waals surface area contributed by atoms with E-state index in [9.17, 15) is 13.6 Å². The number of nitrogens with zero attached hydrogens (tertiary/aromatic N) is 2. The first kappa shape index (κ1) is 21.1. The lowest BCUT2D eigenvalue weighted by Gasteiger charge is -2.22. The number of aromatic nitrogens is 1. The molecular weight excluding hydrogens is 424 g/mol. The molecule has 1 fully saturated rings. The molecular formula is C26H23F2N3O2. The normalized spacial score (nSPS) is 15.8. The van der Waals surface area contributed by atoms with E-state index in [4.69, 9.17) is 4.42 Å². The molecule has 1 aliphatic rings. The van der Waals surface area contributed by atoms with Crippen LogP contribution >= 0.6 is 0 Å². The number of hydrogen-bond donors (Lipinski definition) is 1. The minimum atomic E-state index is -0.635. The summed E-state index contributed by atoms with van der Waals surface area (Å²) in [6.07, 6.45) is 2.53. The molecule has 5 rings (SSSR count). The summed E-state index contributed by atoms with van der Waals surface area (Å²) in [6, 6.07) is 16.0. The van der Waals surface area contributed by atoms with E-state index in [1.165, 1.54) is 17.7 Å². The van der Waals surface area contributed by atoms with E-state index in [1.807, 2.05) is 24.3 Å². The fraction of sp³-hybridized carbons (Fsp3) is 0.231. The largest absolute Gasteiger partial charge is 0.438 e. The number of nitrogens with one attached hydrogen (secondary N) is 1. The zero-order chi connectivity index (χ0) is 22.9. The fourth-order valence-electron chi connectivity index (χ4n) is 4.26. The second kappa shape index (κ2) is 8.65. The SMILES string of the molecule is CCc1ccc(NC(=O)N2CCCC2c2nc3cc(-c4ccc(F)cc4F)ccc3o2)cc1. The molecule has 1 saturated heterocycles. The molecule has 2 amide bonds. The van der Waals surface area contributed by atoms with Crippen molar-refractivity contribution in [2.24, 2.45) is 0 Å². The third kappa shape index (κ3) is 4.18. The van der Waals surface area contributed by atoms with Gasteiger partial charge in [0.1, 0.15) is 23.2 Å². The molecule has 3 aromatic carbocycles. The Morgan fingerprint density at radius 1 is 1.12 bits per heavy atom. The number of aryl methyl sites for hydroxylation is 1. The van der Waals surface area contributed by atoms with Crippen molar-refractivity contribution in [3.8, 4) is 11.1 Å². The number of halogens is 2. The van der Waals surface area contributed by atoms with Gasteiger partial charge in [0.2, 0.25) is 5.89 Å². The van der Waals surface area contributed by atoms with E-state index in [2.05, 4.69) is 17.2 Å². The monoisotopic (exact) mass is 447 g/mol. The topological polar surface area (TPSA) is 58.4 Å². The third-order valence-corrected chi connectivity index (χ3v) is 6.06. The molecule has 1 N–H and O–H groups in total. The van der Waals surface area contributed by atoms with Crippen LogP contribution in [0.4, 0.5) is 19.3 Å². The number of benzene rings is 3. The van der Waals surface area contributed by atoms with Crippen molar-refractivity contribution in [2.45, 2.75) is 32.2 Å². The number of fused-ring (bicyclic) bond motifs is 1. The van der Waals surface area contributed by atoms with Gasteiger partial charge in [0.25, 0.3) is 0 Å².